The first-order valence-electron chi connectivity index (χ1n) is 9.16. The van der Waals surface area contributed by atoms with E-state index in [-0.39, 0.29) is 0 Å². The van der Waals surface area contributed by atoms with Crippen molar-refractivity contribution in [1.29, 1.82) is 0 Å². The van der Waals surface area contributed by atoms with Crippen LogP contribution in [0.3, 0.4) is 0 Å². The van der Waals surface area contributed by atoms with Crippen LogP contribution in [0.4, 0.5) is 5.82 Å². The van der Waals surface area contributed by atoms with Gasteiger partial charge in [0.2, 0.25) is 0 Å². The number of hydrogen-bond donors (Lipinski definition) is 2. The summed E-state index contributed by atoms with van der Waals surface area (Å²) in [6.07, 6.45) is 5.41. The van der Waals surface area contributed by atoms with E-state index in [0.29, 0.717) is 22.8 Å². The standard InChI is InChI=1S/C19H24Cl2N6/c1-2-22-19(24-10-7-14-5-6-17(21)25-12-14)26-15-8-11-27(13-15)18-16(20)4-3-9-23-18/h3-6,9,12,15H,2,7-8,10-11,13H2,1H3,(H2,22,24,26). The number of nitrogens with one attached hydrogen (secondary N) is 2. The highest BCUT2D eigenvalue weighted by Gasteiger charge is 2.25. The molecule has 0 amide bonds. The lowest BCUT2D eigenvalue weighted by atomic mass is 10.2. The lowest BCUT2D eigenvalue weighted by Gasteiger charge is -2.20. The molecule has 0 saturated carbocycles. The highest BCUT2D eigenvalue weighted by molar-refractivity contribution is 6.32. The third-order valence-corrected chi connectivity index (χ3v) is 4.89. The van der Waals surface area contributed by atoms with E-state index >= 15 is 0 Å². The van der Waals surface area contributed by atoms with Crippen LogP contribution in [0.15, 0.2) is 41.7 Å². The molecule has 6 nitrogen and oxygen atoms in total. The molecule has 1 fully saturated rings. The fraction of sp³-hybridized carbons (Fsp3) is 0.421. The number of hydrogen-bond acceptors (Lipinski definition) is 4. The summed E-state index contributed by atoms with van der Waals surface area (Å²) in [5.74, 6) is 1.68. The molecule has 0 aromatic carbocycles. The third kappa shape index (κ3) is 5.71. The first kappa shape index (κ1) is 19.7. The molecule has 1 saturated heterocycles. The van der Waals surface area contributed by atoms with Crippen molar-refractivity contribution >= 4 is 35.0 Å². The maximum atomic E-state index is 6.27. The van der Waals surface area contributed by atoms with Gasteiger partial charge in [-0.25, -0.2) is 9.97 Å². The van der Waals surface area contributed by atoms with E-state index in [1.54, 1.807) is 18.5 Å². The van der Waals surface area contributed by atoms with Crippen LogP contribution >= 0.6 is 23.2 Å². The van der Waals surface area contributed by atoms with Gasteiger partial charge in [-0.05, 0) is 43.5 Å². The Hall–Kier alpha value is -2.05. The highest BCUT2D eigenvalue weighted by Crippen LogP contribution is 2.25. The Morgan fingerprint density at radius 2 is 2.19 bits per heavy atom. The molecule has 1 aliphatic rings. The first-order valence-corrected chi connectivity index (χ1v) is 9.92. The number of halogens is 2. The van der Waals surface area contributed by atoms with Crippen molar-refractivity contribution in [3.05, 3.63) is 52.4 Å². The van der Waals surface area contributed by atoms with Gasteiger partial charge in [-0.15, -0.1) is 0 Å². The first-order chi connectivity index (χ1) is 13.2. The fourth-order valence-corrected chi connectivity index (χ4v) is 3.40. The van der Waals surface area contributed by atoms with Gasteiger partial charge in [0.25, 0.3) is 0 Å². The molecule has 144 valence electrons. The topological polar surface area (TPSA) is 65.4 Å². The van der Waals surface area contributed by atoms with E-state index in [0.717, 1.165) is 49.8 Å². The molecular formula is C19H24Cl2N6. The monoisotopic (exact) mass is 406 g/mol. The van der Waals surface area contributed by atoms with Gasteiger partial charge in [-0.2, -0.15) is 0 Å². The van der Waals surface area contributed by atoms with Crippen molar-refractivity contribution in [3.63, 3.8) is 0 Å². The molecule has 0 bridgehead atoms. The van der Waals surface area contributed by atoms with Gasteiger partial charge in [0, 0.05) is 44.6 Å². The van der Waals surface area contributed by atoms with Crippen molar-refractivity contribution in [2.75, 3.05) is 31.1 Å². The molecule has 1 atom stereocenters. The maximum absolute atomic E-state index is 6.27. The van der Waals surface area contributed by atoms with E-state index in [9.17, 15) is 0 Å². The minimum atomic E-state index is 0.304. The number of nitrogens with zero attached hydrogens (tertiary/aromatic N) is 4. The number of anilines is 1. The number of pyridine rings is 2. The Labute approximate surface area is 170 Å². The Bertz CT molecular complexity index is 765. The largest absolute Gasteiger partial charge is 0.357 e. The van der Waals surface area contributed by atoms with E-state index in [2.05, 4.69) is 37.4 Å². The molecule has 2 aromatic heterocycles. The van der Waals surface area contributed by atoms with E-state index < -0.39 is 0 Å². The van der Waals surface area contributed by atoms with Crippen molar-refractivity contribution in [2.24, 2.45) is 4.99 Å². The molecule has 2 aromatic rings. The number of rotatable bonds is 6. The van der Waals surface area contributed by atoms with Crippen LogP contribution in [0.25, 0.3) is 0 Å². The van der Waals surface area contributed by atoms with E-state index in [4.69, 9.17) is 23.2 Å². The maximum Gasteiger partial charge on any atom is 0.191 e. The SMILES string of the molecule is CCNC(=NCCc1ccc(Cl)nc1)NC1CCN(c2ncccc2Cl)C1. The second-order valence-electron chi connectivity index (χ2n) is 6.38. The quantitative estimate of drug-likeness (QED) is 0.438. The third-order valence-electron chi connectivity index (χ3n) is 4.37. The summed E-state index contributed by atoms with van der Waals surface area (Å²) in [4.78, 5) is 15.4. The fourth-order valence-electron chi connectivity index (χ4n) is 3.05. The van der Waals surface area contributed by atoms with Crippen LogP contribution in [0.2, 0.25) is 10.2 Å². The van der Waals surface area contributed by atoms with Crippen LogP contribution < -0.4 is 15.5 Å². The molecule has 1 aliphatic heterocycles. The molecule has 2 N–H and O–H groups in total. The zero-order valence-electron chi connectivity index (χ0n) is 15.3. The molecule has 27 heavy (non-hydrogen) atoms. The summed E-state index contributed by atoms with van der Waals surface area (Å²) in [6.45, 7) is 5.33. The van der Waals surface area contributed by atoms with Gasteiger partial charge in [0.05, 0.1) is 5.02 Å². The Morgan fingerprint density at radius 3 is 2.93 bits per heavy atom. The summed E-state index contributed by atoms with van der Waals surface area (Å²) < 4.78 is 0. The molecule has 0 spiro atoms. The summed E-state index contributed by atoms with van der Waals surface area (Å²) in [7, 11) is 0. The van der Waals surface area contributed by atoms with Crippen molar-refractivity contribution in [1.82, 2.24) is 20.6 Å². The molecule has 0 radical (unpaired) electrons. The number of aromatic nitrogens is 2. The second kappa shape index (κ2) is 9.76. The lowest BCUT2D eigenvalue weighted by Crippen LogP contribution is -2.44. The average Bonchev–Trinajstić information content (AvgIpc) is 3.12. The van der Waals surface area contributed by atoms with Gasteiger partial charge in [-0.3, -0.25) is 4.99 Å². The normalized spacial score (nSPS) is 17.2. The predicted octanol–water partition coefficient (Wildman–Crippen LogP) is 3.16. The van der Waals surface area contributed by atoms with Crippen LogP contribution in [0.1, 0.15) is 18.9 Å². The average molecular weight is 407 g/mol. The van der Waals surface area contributed by atoms with Crippen LogP contribution in [0, 0.1) is 0 Å². The zero-order chi connectivity index (χ0) is 19.1. The van der Waals surface area contributed by atoms with Crippen molar-refractivity contribution in [2.45, 2.75) is 25.8 Å². The summed E-state index contributed by atoms with van der Waals surface area (Å²) in [6, 6.07) is 7.82. The lowest BCUT2D eigenvalue weighted by molar-refractivity contribution is 0.648. The van der Waals surface area contributed by atoms with Gasteiger partial charge < -0.3 is 15.5 Å². The van der Waals surface area contributed by atoms with Gasteiger partial charge in [0.15, 0.2) is 5.96 Å². The molecular weight excluding hydrogens is 383 g/mol. The minimum Gasteiger partial charge on any atom is -0.357 e. The Morgan fingerprint density at radius 1 is 1.30 bits per heavy atom. The molecule has 8 heteroatoms. The van der Waals surface area contributed by atoms with Crippen LogP contribution in [-0.4, -0.2) is 48.1 Å². The van der Waals surface area contributed by atoms with Gasteiger partial charge in [0.1, 0.15) is 11.0 Å². The molecule has 0 aliphatic carbocycles. The smallest absolute Gasteiger partial charge is 0.191 e. The molecule has 3 heterocycles. The summed E-state index contributed by atoms with van der Waals surface area (Å²) >= 11 is 12.1. The number of guanidine groups is 1. The predicted molar refractivity (Wildman–Crippen MR) is 112 cm³/mol. The van der Waals surface area contributed by atoms with Crippen molar-refractivity contribution in [3.8, 4) is 0 Å². The molecule has 1 unspecified atom stereocenters. The summed E-state index contributed by atoms with van der Waals surface area (Å²) in [5.41, 5.74) is 1.12. The van der Waals surface area contributed by atoms with Crippen LogP contribution in [0.5, 0.6) is 0 Å². The van der Waals surface area contributed by atoms with Crippen LogP contribution in [-0.2, 0) is 6.42 Å². The summed E-state index contributed by atoms with van der Waals surface area (Å²) in [5, 5.41) is 8.03. The zero-order valence-corrected chi connectivity index (χ0v) is 16.8. The Kier molecular flexibility index (Phi) is 7.12. The van der Waals surface area contributed by atoms with Crippen molar-refractivity contribution < 1.29 is 0 Å². The Balaban J connectivity index is 1.54. The van der Waals surface area contributed by atoms with Gasteiger partial charge in [-0.1, -0.05) is 29.3 Å². The highest BCUT2D eigenvalue weighted by atomic mass is 35.5. The second-order valence-corrected chi connectivity index (χ2v) is 7.18. The van der Waals surface area contributed by atoms with E-state index in [1.807, 2.05) is 18.2 Å². The number of aliphatic imine (C=N–C) groups is 1. The minimum absolute atomic E-state index is 0.304. The van der Waals surface area contributed by atoms with Gasteiger partial charge >= 0.3 is 0 Å². The molecule has 3 rings (SSSR count). The van der Waals surface area contributed by atoms with E-state index in [1.165, 1.54) is 0 Å².